The molecule has 0 atom stereocenters. The summed E-state index contributed by atoms with van der Waals surface area (Å²) in [6.07, 6.45) is 0. The van der Waals surface area contributed by atoms with E-state index in [2.05, 4.69) is 0 Å². The number of aromatic hydroxyl groups is 1. The average Bonchev–Trinajstić information content (AvgIpc) is 2.81. The highest BCUT2D eigenvalue weighted by Gasteiger charge is 2.11. The molecule has 0 saturated carbocycles. The molecule has 1 N–H and O–H groups in total. The second-order valence-electron chi connectivity index (χ2n) is 6.28. The molecular weight excluding hydrogens is 376 g/mol. The van der Waals surface area contributed by atoms with Gasteiger partial charge < -0.3 is 9.84 Å². The lowest BCUT2D eigenvalue weighted by atomic mass is 10.0. The summed E-state index contributed by atoms with van der Waals surface area (Å²) in [5.41, 5.74) is 1.48. The number of phenols is 1. The van der Waals surface area contributed by atoms with Gasteiger partial charge in [0.25, 0.3) is 0 Å². The maximum atomic E-state index is 11.9. The molecule has 4 nitrogen and oxygen atoms in total. The number of hydrogen-bond donors (Lipinski definition) is 1. The molecule has 0 aliphatic rings. The van der Waals surface area contributed by atoms with Crippen molar-refractivity contribution in [3.8, 4) is 11.5 Å². The number of ether oxygens (including phenoxy) is 1. The van der Waals surface area contributed by atoms with Crippen LogP contribution in [0.1, 0.15) is 26.3 Å². The van der Waals surface area contributed by atoms with E-state index in [9.17, 15) is 14.7 Å². The number of hydrogen-bond acceptors (Lipinski definition) is 4. The molecule has 4 aromatic rings. The van der Waals surface area contributed by atoms with Crippen LogP contribution >= 0.6 is 0 Å². The predicted octanol–water partition coefficient (Wildman–Crippen LogP) is 5.53. The zero-order chi connectivity index (χ0) is 21.2. The highest BCUT2D eigenvalue weighted by Crippen LogP contribution is 2.19. The standard InChI is InChI=1S/2C13H10O2/c14-13(11-7-3-1-4-8-11)15-12-9-5-2-6-10-12;14-12-9-5-4-8-11(12)13(15)10-6-2-1-3-7-10/h1-10H;1-9,14H. The first kappa shape index (κ1) is 20.6. The van der Waals surface area contributed by atoms with Crippen LogP contribution in [0.4, 0.5) is 0 Å². The first-order valence-corrected chi connectivity index (χ1v) is 9.35. The van der Waals surface area contributed by atoms with Crippen LogP contribution < -0.4 is 4.74 Å². The van der Waals surface area contributed by atoms with Gasteiger partial charge >= 0.3 is 5.97 Å². The number of ketones is 1. The maximum absolute atomic E-state index is 11.9. The summed E-state index contributed by atoms with van der Waals surface area (Å²) in [6, 6.07) is 33.4. The number of phenolic OH excluding ortho intramolecular Hbond substituents is 1. The van der Waals surface area contributed by atoms with Gasteiger partial charge in [-0.05, 0) is 36.4 Å². The molecule has 0 amide bonds. The number of esters is 1. The molecular formula is C26H20O4. The average molecular weight is 396 g/mol. The van der Waals surface area contributed by atoms with Crippen molar-refractivity contribution in [2.45, 2.75) is 0 Å². The van der Waals surface area contributed by atoms with E-state index >= 15 is 0 Å². The lowest BCUT2D eigenvalue weighted by molar-refractivity contribution is 0.0734. The molecule has 148 valence electrons. The topological polar surface area (TPSA) is 63.6 Å². The third-order valence-corrected chi connectivity index (χ3v) is 4.15. The first-order valence-electron chi connectivity index (χ1n) is 9.35. The van der Waals surface area contributed by atoms with Crippen molar-refractivity contribution < 1.29 is 19.4 Å². The van der Waals surface area contributed by atoms with Gasteiger partial charge in [-0.1, -0.05) is 78.9 Å². The second-order valence-corrected chi connectivity index (χ2v) is 6.28. The smallest absolute Gasteiger partial charge is 0.343 e. The Hall–Kier alpha value is -4.18. The molecule has 0 unspecified atom stereocenters. The van der Waals surface area contributed by atoms with Gasteiger partial charge in [-0.2, -0.15) is 0 Å². The van der Waals surface area contributed by atoms with Crippen molar-refractivity contribution in [3.63, 3.8) is 0 Å². The van der Waals surface area contributed by atoms with E-state index < -0.39 is 0 Å². The van der Waals surface area contributed by atoms with E-state index in [0.717, 1.165) is 0 Å². The van der Waals surface area contributed by atoms with E-state index in [4.69, 9.17) is 4.74 Å². The number of carbonyl (C=O) groups excluding carboxylic acids is 2. The minimum Gasteiger partial charge on any atom is -0.507 e. The molecule has 4 aromatic carbocycles. The van der Waals surface area contributed by atoms with Crippen LogP contribution in [-0.2, 0) is 0 Å². The van der Waals surface area contributed by atoms with Crippen molar-refractivity contribution >= 4 is 11.8 Å². The summed E-state index contributed by atoms with van der Waals surface area (Å²) in [7, 11) is 0. The number of rotatable bonds is 4. The Morgan fingerprint density at radius 3 is 1.60 bits per heavy atom. The second kappa shape index (κ2) is 10.4. The third-order valence-electron chi connectivity index (χ3n) is 4.15. The molecule has 0 bridgehead atoms. The third kappa shape index (κ3) is 5.66. The number of para-hydroxylation sites is 2. The number of benzene rings is 4. The largest absolute Gasteiger partial charge is 0.507 e. The fourth-order valence-corrected chi connectivity index (χ4v) is 2.64. The molecule has 4 heteroatoms. The van der Waals surface area contributed by atoms with Gasteiger partial charge in [-0.25, -0.2) is 4.79 Å². The van der Waals surface area contributed by atoms with Crippen LogP contribution in [0.15, 0.2) is 115 Å². The Morgan fingerprint density at radius 2 is 1.03 bits per heavy atom. The van der Waals surface area contributed by atoms with Gasteiger partial charge in [0, 0.05) is 5.56 Å². The summed E-state index contributed by atoms with van der Waals surface area (Å²) >= 11 is 0. The van der Waals surface area contributed by atoms with Gasteiger partial charge in [-0.3, -0.25) is 4.79 Å². The van der Waals surface area contributed by atoms with Crippen LogP contribution in [0.5, 0.6) is 11.5 Å². The molecule has 0 spiro atoms. The highest BCUT2D eigenvalue weighted by atomic mass is 16.5. The van der Waals surface area contributed by atoms with Crippen LogP contribution in [0.3, 0.4) is 0 Å². The zero-order valence-electron chi connectivity index (χ0n) is 16.1. The van der Waals surface area contributed by atoms with Gasteiger partial charge in [0.15, 0.2) is 5.78 Å². The quantitative estimate of drug-likeness (QED) is 0.280. The molecule has 0 saturated heterocycles. The van der Waals surface area contributed by atoms with Crippen molar-refractivity contribution in [2.24, 2.45) is 0 Å². The molecule has 0 aliphatic heterocycles. The van der Waals surface area contributed by atoms with Gasteiger partial charge in [0.05, 0.1) is 11.1 Å². The van der Waals surface area contributed by atoms with E-state index in [0.29, 0.717) is 22.4 Å². The zero-order valence-corrected chi connectivity index (χ0v) is 16.1. The monoisotopic (exact) mass is 396 g/mol. The Labute approximate surface area is 175 Å². The van der Waals surface area contributed by atoms with E-state index in [1.165, 1.54) is 6.07 Å². The van der Waals surface area contributed by atoms with Gasteiger partial charge in [0.2, 0.25) is 0 Å². The van der Waals surface area contributed by atoms with Gasteiger partial charge in [-0.15, -0.1) is 0 Å². The minimum absolute atomic E-state index is 0.0198. The summed E-state index contributed by atoms with van der Waals surface area (Å²) in [5.74, 6) is 0.0909. The fourth-order valence-electron chi connectivity index (χ4n) is 2.64. The number of carbonyl (C=O) groups is 2. The van der Waals surface area contributed by atoms with Crippen molar-refractivity contribution in [3.05, 3.63) is 132 Å². The SMILES string of the molecule is O=C(Oc1ccccc1)c1ccccc1.O=C(c1ccccc1)c1ccccc1O. The Balaban J connectivity index is 0.000000171. The van der Waals surface area contributed by atoms with Crippen LogP contribution in [0, 0.1) is 0 Å². The van der Waals surface area contributed by atoms with Crippen molar-refractivity contribution in [1.29, 1.82) is 0 Å². The summed E-state index contributed by atoms with van der Waals surface area (Å²) < 4.78 is 5.16. The van der Waals surface area contributed by atoms with E-state index in [1.807, 2.05) is 42.5 Å². The molecule has 0 heterocycles. The van der Waals surface area contributed by atoms with E-state index in [-0.39, 0.29) is 17.5 Å². The lowest BCUT2D eigenvalue weighted by Gasteiger charge is -2.02. The van der Waals surface area contributed by atoms with Crippen LogP contribution in [0.25, 0.3) is 0 Å². The van der Waals surface area contributed by atoms with E-state index in [1.54, 1.807) is 66.7 Å². The van der Waals surface area contributed by atoms with Crippen LogP contribution in [-0.4, -0.2) is 16.9 Å². The Morgan fingerprint density at radius 1 is 0.567 bits per heavy atom. The normalized spacial score (nSPS) is 9.73. The molecule has 0 aromatic heterocycles. The van der Waals surface area contributed by atoms with Crippen LogP contribution in [0.2, 0.25) is 0 Å². The fraction of sp³-hybridized carbons (Fsp3) is 0. The van der Waals surface area contributed by atoms with Crippen molar-refractivity contribution in [1.82, 2.24) is 0 Å². The summed E-state index contributed by atoms with van der Waals surface area (Å²) in [6.45, 7) is 0. The maximum Gasteiger partial charge on any atom is 0.343 e. The van der Waals surface area contributed by atoms with Gasteiger partial charge in [0.1, 0.15) is 11.5 Å². The lowest BCUT2D eigenvalue weighted by Crippen LogP contribution is -2.07. The molecule has 0 aliphatic carbocycles. The Bertz CT molecular complexity index is 1090. The summed E-state index contributed by atoms with van der Waals surface area (Å²) in [5, 5.41) is 9.52. The predicted molar refractivity (Wildman–Crippen MR) is 116 cm³/mol. The highest BCUT2D eigenvalue weighted by molar-refractivity contribution is 6.10. The minimum atomic E-state index is -0.332. The molecule has 0 fully saturated rings. The summed E-state index contributed by atoms with van der Waals surface area (Å²) in [4.78, 5) is 23.5. The molecule has 30 heavy (non-hydrogen) atoms. The van der Waals surface area contributed by atoms with Crippen molar-refractivity contribution in [2.75, 3.05) is 0 Å². The first-order chi connectivity index (χ1) is 14.6. The molecule has 4 rings (SSSR count). The molecule has 0 radical (unpaired) electrons. The Kier molecular flexibility index (Phi) is 7.12.